The highest BCUT2D eigenvalue weighted by Crippen LogP contribution is 2.32. The lowest BCUT2D eigenvalue weighted by Crippen LogP contribution is -2.40. The molecule has 5 heteroatoms. The van der Waals surface area contributed by atoms with Crippen LogP contribution in [0.2, 0.25) is 0 Å². The van der Waals surface area contributed by atoms with Gasteiger partial charge in [0.15, 0.2) is 0 Å². The fourth-order valence-corrected chi connectivity index (χ4v) is 1.69. The summed E-state index contributed by atoms with van der Waals surface area (Å²) < 4.78 is 38.6. The summed E-state index contributed by atoms with van der Waals surface area (Å²) in [4.78, 5) is 12.0. The predicted octanol–water partition coefficient (Wildman–Crippen LogP) is 4.36. The van der Waals surface area contributed by atoms with E-state index in [4.69, 9.17) is 0 Å². The molecule has 0 spiro atoms. The second kappa shape index (κ2) is 5.46. The molecule has 0 unspecified atom stereocenters. The number of benzene rings is 1. The van der Waals surface area contributed by atoms with E-state index in [0.717, 1.165) is 12.1 Å². The molecular weight excluding hydrogens is 267 g/mol. The van der Waals surface area contributed by atoms with Crippen molar-refractivity contribution in [2.45, 2.75) is 52.3 Å². The van der Waals surface area contributed by atoms with Crippen LogP contribution in [0.3, 0.4) is 0 Å². The third-order valence-electron chi connectivity index (χ3n) is 2.70. The summed E-state index contributed by atoms with van der Waals surface area (Å²) >= 11 is 0. The summed E-state index contributed by atoms with van der Waals surface area (Å²) in [5.41, 5.74) is -0.747. The fraction of sp³-hybridized carbons (Fsp3) is 0.533. The van der Waals surface area contributed by atoms with Crippen LogP contribution in [-0.4, -0.2) is 11.4 Å². The number of hydrogen-bond donors (Lipinski definition) is 1. The average molecular weight is 287 g/mol. The minimum absolute atomic E-state index is 0.0402. The molecule has 0 saturated heterocycles. The van der Waals surface area contributed by atoms with Gasteiger partial charge in [0.05, 0.1) is 5.56 Å². The van der Waals surface area contributed by atoms with Gasteiger partial charge in [0.2, 0.25) is 0 Å². The average Bonchev–Trinajstić information content (AvgIpc) is 2.24. The monoisotopic (exact) mass is 287 g/mol. The molecule has 20 heavy (non-hydrogen) atoms. The first-order valence-electron chi connectivity index (χ1n) is 6.45. The molecule has 0 fully saturated rings. The minimum Gasteiger partial charge on any atom is -0.347 e. The zero-order valence-electron chi connectivity index (χ0n) is 12.4. The second-order valence-electron chi connectivity index (χ2n) is 6.20. The summed E-state index contributed by atoms with van der Waals surface area (Å²) in [6.45, 7) is 8.92. The van der Waals surface area contributed by atoms with Gasteiger partial charge in [-0.05, 0) is 50.5 Å². The Labute approximate surface area is 117 Å². The lowest BCUT2D eigenvalue weighted by molar-refractivity contribution is -0.137. The normalized spacial score (nSPS) is 12.7. The maximum Gasteiger partial charge on any atom is 0.416 e. The van der Waals surface area contributed by atoms with Crippen molar-refractivity contribution in [3.8, 4) is 0 Å². The van der Waals surface area contributed by atoms with Crippen LogP contribution in [0.1, 0.15) is 62.0 Å². The molecule has 1 rings (SSSR count). The molecule has 0 saturated carbocycles. The van der Waals surface area contributed by atoms with Gasteiger partial charge in [0, 0.05) is 11.1 Å². The quantitative estimate of drug-likeness (QED) is 0.860. The van der Waals surface area contributed by atoms with Crippen molar-refractivity contribution in [1.29, 1.82) is 0 Å². The highest BCUT2D eigenvalue weighted by atomic mass is 19.4. The molecule has 112 valence electrons. The van der Waals surface area contributed by atoms with Crippen LogP contribution in [0.25, 0.3) is 0 Å². The number of rotatable bonds is 2. The lowest BCUT2D eigenvalue weighted by Gasteiger charge is -2.21. The first-order valence-corrected chi connectivity index (χ1v) is 6.45. The van der Waals surface area contributed by atoms with Crippen molar-refractivity contribution in [3.05, 3.63) is 34.9 Å². The van der Waals surface area contributed by atoms with E-state index in [0.29, 0.717) is 5.56 Å². The van der Waals surface area contributed by atoms with E-state index in [-0.39, 0.29) is 11.5 Å². The zero-order chi connectivity index (χ0) is 15.7. The van der Waals surface area contributed by atoms with Gasteiger partial charge in [-0.2, -0.15) is 13.2 Å². The van der Waals surface area contributed by atoms with Crippen molar-refractivity contribution >= 4 is 5.91 Å². The Kier molecular flexibility index (Phi) is 4.52. The molecule has 0 atom stereocenters. The van der Waals surface area contributed by atoms with Gasteiger partial charge in [0.1, 0.15) is 0 Å². The molecule has 1 aromatic carbocycles. The van der Waals surface area contributed by atoms with Crippen molar-refractivity contribution in [2.75, 3.05) is 0 Å². The van der Waals surface area contributed by atoms with Crippen LogP contribution >= 0.6 is 0 Å². The molecule has 1 N–H and O–H groups in total. The third kappa shape index (κ3) is 4.54. The second-order valence-corrected chi connectivity index (χ2v) is 6.20. The Bertz CT molecular complexity index is 499. The van der Waals surface area contributed by atoms with Gasteiger partial charge in [-0.15, -0.1) is 0 Å². The maximum absolute atomic E-state index is 12.9. The van der Waals surface area contributed by atoms with Crippen molar-refractivity contribution in [1.82, 2.24) is 5.32 Å². The lowest BCUT2D eigenvalue weighted by atomic mass is 9.96. The van der Waals surface area contributed by atoms with Crippen molar-refractivity contribution in [2.24, 2.45) is 0 Å². The Morgan fingerprint density at radius 2 is 1.65 bits per heavy atom. The van der Waals surface area contributed by atoms with Crippen molar-refractivity contribution in [3.63, 3.8) is 0 Å². The van der Waals surface area contributed by atoms with Crippen LogP contribution in [-0.2, 0) is 6.18 Å². The molecule has 1 amide bonds. The summed E-state index contributed by atoms with van der Waals surface area (Å²) in [6, 6.07) is 3.51. The third-order valence-corrected chi connectivity index (χ3v) is 2.70. The van der Waals surface area contributed by atoms with Gasteiger partial charge >= 0.3 is 6.18 Å². The van der Waals surface area contributed by atoms with Crippen LogP contribution < -0.4 is 5.32 Å². The fourth-order valence-electron chi connectivity index (χ4n) is 1.69. The van der Waals surface area contributed by atoms with Crippen LogP contribution in [0.4, 0.5) is 13.2 Å². The molecule has 2 nitrogen and oxygen atoms in total. The summed E-state index contributed by atoms with van der Waals surface area (Å²) in [7, 11) is 0. The van der Waals surface area contributed by atoms with Crippen LogP contribution in [0.15, 0.2) is 18.2 Å². The Morgan fingerprint density at radius 1 is 1.10 bits per heavy atom. The summed E-state index contributed by atoms with van der Waals surface area (Å²) in [6.07, 6.45) is -4.46. The number of carbonyl (C=O) groups is 1. The molecule has 0 radical (unpaired) electrons. The van der Waals surface area contributed by atoms with Crippen LogP contribution in [0.5, 0.6) is 0 Å². The molecule has 0 heterocycles. The summed E-state index contributed by atoms with van der Waals surface area (Å²) in [5, 5.41) is 2.67. The van der Waals surface area contributed by atoms with E-state index in [1.807, 2.05) is 0 Å². The molecule has 0 aliphatic heterocycles. The molecular formula is C15H20F3NO. The molecule has 1 aromatic rings. The Morgan fingerprint density at radius 3 is 2.05 bits per heavy atom. The summed E-state index contributed by atoms with van der Waals surface area (Å²) in [5.74, 6) is -0.580. The van der Waals surface area contributed by atoms with E-state index in [9.17, 15) is 18.0 Å². The standard InChI is InChI=1S/C15H20F3NO/c1-9(2)10-6-11(13(20)19-14(3,4)5)8-12(7-10)15(16,17)18/h6-9H,1-5H3,(H,19,20). The topological polar surface area (TPSA) is 29.1 Å². The minimum atomic E-state index is -4.46. The van der Waals surface area contributed by atoms with Gasteiger partial charge in [0.25, 0.3) is 5.91 Å². The largest absolute Gasteiger partial charge is 0.416 e. The zero-order valence-corrected chi connectivity index (χ0v) is 12.4. The van der Waals surface area contributed by atoms with Gasteiger partial charge in [-0.3, -0.25) is 4.79 Å². The Balaban J connectivity index is 3.26. The number of carbonyl (C=O) groups excluding carboxylic acids is 1. The number of hydrogen-bond acceptors (Lipinski definition) is 1. The maximum atomic E-state index is 12.9. The number of alkyl halides is 3. The molecule has 0 aliphatic rings. The number of amides is 1. The van der Waals surface area contributed by atoms with E-state index >= 15 is 0 Å². The molecule has 0 aromatic heterocycles. The highest BCUT2D eigenvalue weighted by Gasteiger charge is 2.32. The smallest absolute Gasteiger partial charge is 0.347 e. The molecule has 0 bridgehead atoms. The van der Waals surface area contributed by atoms with Crippen molar-refractivity contribution < 1.29 is 18.0 Å². The first-order chi connectivity index (χ1) is 8.90. The predicted molar refractivity (Wildman–Crippen MR) is 72.8 cm³/mol. The highest BCUT2D eigenvalue weighted by molar-refractivity contribution is 5.95. The number of halogens is 3. The van der Waals surface area contributed by atoms with Gasteiger partial charge < -0.3 is 5.32 Å². The van der Waals surface area contributed by atoms with Crippen LogP contribution in [0, 0.1) is 0 Å². The Hall–Kier alpha value is -1.52. The molecule has 0 aliphatic carbocycles. The first kappa shape index (κ1) is 16.5. The van der Waals surface area contributed by atoms with Gasteiger partial charge in [-0.25, -0.2) is 0 Å². The SMILES string of the molecule is CC(C)c1cc(C(=O)NC(C)(C)C)cc(C(F)(F)F)c1. The van der Waals surface area contributed by atoms with E-state index in [1.54, 1.807) is 34.6 Å². The van der Waals surface area contributed by atoms with E-state index in [2.05, 4.69) is 5.32 Å². The number of nitrogens with one attached hydrogen (secondary N) is 1. The van der Waals surface area contributed by atoms with Gasteiger partial charge in [-0.1, -0.05) is 13.8 Å². The van der Waals surface area contributed by atoms with E-state index in [1.165, 1.54) is 6.07 Å². The van der Waals surface area contributed by atoms with E-state index < -0.39 is 23.2 Å².